The van der Waals surface area contributed by atoms with E-state index >= 15 is 0 Å². The summed E-state index contributed by atoms with van der Waals surface area (Å²) >= 11 is 7.01. The van der Waals surface area contributed by atoms with Gasteiger partial charge in [0.25, 0.3) is 0 Å². The standard InChI is InChI=1S/C15H15Br2NO/c1-2-18-10-11-6-7-14(9-15(11)17)19-13-5-3-4-12(16)8-13/h3-9,18H,2,10H2,1H3. The number of hydrogen-bond acceptors (Lipinski definition) is 2. The molecule has 0 saturated carbocycles. The van der Waals surface area contributed by atoms with Crippen LogP contribution in [0.5, 0.6) is 11.5 Å². The Bertz CT molecular complexity index is 558. The summed E-state index contributed by atoms with van der Waals surface area (Å²) in [5.41, 5.74) is 1.23. The molecule has 0 spiro atoms. The van der Waals surface area contributed by atoms with E-state index in [-0.39, 0.29) is 0 Å². The smallest absolute Gasteiger partial charge is 0.128 e. The minimum absolute atomic E-state index is 0.820. The molecule has 0 unspecified atom stereocenters. The van der Waals surface area contributed by atoms with E-state index in [1.165, 1.54) is 5.56 Å². The van der Waals surface area contributed by atoms with Crippen molar-refractivity contribution in [3.63, 3.8) is 0 Å². The molecule has 0 fully saturated rings. The fourth-order valence-corrected chi connectivity index (χ4v) is 2.54. The van der Waals surface area contributed by atoms with Gasteiger partial charge in [-0.15, -0.1) is 0 Å². The minimum Gasteiger partial charge on any atom is -0.457 e. The molecule has 100 valence electrons. The van der Waals surface area contributed by atoms with Crippen molar-refractivity contribution < 1.29 is 4.74 Å². The lowest BCUT2D eigenvalue weighted by atomic mass is 10.2. The molecule has 2 aromatic rings. The highest BCUT2D eigenvalue weighted by atomic mass is 79.9. The van der Waals surface area contributed by atoms with Gasteiger partial charge in [0, 0.05) is 15.5 Å². The first-order valence-electron chi connectivity index (χ1n) is 6.11. The van der Waals surface area contributed by atoms with E-state index in [9.17, 15) is 0 Å². The van der Waals surface area contributed by atoms with Gasteiger partial charge < -0.3 is 10.1 Å². The Morgan fingerprint density at radius 3 is 2.53 bits per heavy atom. The molecule has 0 aliphatic carbocycles. The zero-order valence-electron chi connectivity index (χ0n) is 10.6. The summed E-state index contributed by atoms with van der Waals surface area (Å²) in [4.78, 5) is 0. The molecule has 0 saturated heterocycles. The molecular formula is C15H15Br2NO. The first-order chi connectivity index (χ1) is 9.19. The van der Waals surface area contributed by atoms with E-state index in [2.05, 4.69) is 50.2 Å². The molecule has 0 amide bonds. The molecule has 1 N–H and O–H groups in total. The number of ether oxygens (including phenoxy) is 1. The normalized spacial score (nSPS) is 10.5. The van der Waals surface area contributed by atoms with Crippen LogP contribution in [0.4, 0.5) is 0 Å². The molecule has 0 aromatic heterocycles. The Morgan fingerprint density at radius 1 is 1.05 bits per heavy atom. The lowest BCUT2D eigenvalue weighted by molar-refractivity contribution is 0.481. The fraction of sp³-hybridized carbons (Fsp3) is 0.200. The Labute approximate surface area is 130 Å². The molecular weight excluding hydrogens is 370 g/mol. The van der Waals surface area contributed by atoms with Crippen molar-refractivity contribution in [2.75, 3.05) is 6.54 Å². The highest BCUT2D eigenvalue weighted by molar-refractivity contribution is 9.10. The lowest BCUT2D eigenvalue weighted by Gasteiger charge is -2.09. The summed E-state index contributed by atoms with van der Waals surface area (Å²) in [6.07, 6.45) is 0. The molecule has 2 nitrogen and oxygen atoms in total. The maximum absolute atomic E-state index is 5.82. The van der Waals surface area contributed by atoms with Gasteiger partial charge in [0.2, 0.25) is 0 Å². The van der Waals surface area contributed by atoms with Crippen LogP contribution in [0.1, 0.15) is 12.5 Å². The molecule has 0 heterocycles. The van der Waals surface area contributed by atoms with E-state index in [0.29, 0.717) is 0 Å². The maximum Gasteiger partial charge on any atom is 0.128 e. The SMILES string of the molecule is CCNCc1ccc(Oc2cccc(Br)c2)cc1Br. The van der Waals surface area contributed by atoms with Gasteiger partial charge in [-0.2, -0.15) is 0 Å². The van der Waals surface area contributed by atoms with Crippen LogP contribution in [0.25, 0.3) is 0 Å². The van der Waals surface area contributed by atoms with Gasteiger partial charge in [-0.05, 0) is 42.4 Å². The van der Waals surface area contributed by atoms with Crippen LogP contribution in [-0.2, 0) is 6.54 Å². The Kier molecular flexibility index (Phi) is 5.43. The second-order valence-corrected chi connectivity index (χ2v) is 5.86. The maximum atomic E-state index is 5.82. The molecule has 0 aliphatic heterocycles. The Balaban J connectivity index is 2.11. The largest absolute Gasteiger partial charge is 0.457 e. The van der Waals surface area contributed by atoms with Crippen LogP contribution in [-0.4, -0.2) is 6.54 Å². The Morgan fingerprint density at radius 2 is 1.84 bits per heavy atom. The summed E-state index contributed by atoms with van der Waals surface area (Å²) < 4.78 is 7.88. The summed E-state index contributed by atoms with van der Waals surface area (Å²) in [6.45, 7) is 3.91. The predicted octanol–water partition coefficient (Wildman–Crippen LogP) is 5.11. The fourth-order valence-electron chi connectivity index (χ4n) is 1.66. The Hall–Kier alpha value is -0.840. The van der Waals surface area contributed by atoms with Crippen LogP contribution < -0.4 is 10.1 Å². The highest BCUT2D eigenvalue weighted by Crippen LogP contribution is 2.28. The molecule has 2 rings (SSSR count). The van der Waals surface area contributed by atoms with Crippen molar-refractivity contribution in [1.82, 2.24) is 5.32 Å². The summed E-state index contributed by atoms with van der Waals surface area (Å²) in [5.74, 6) is 1.64. The monoisotopic (exact) mass is 383 g/mol. The highest BCUT2D eigenvalue weighted by Gasteiger charge is 2.03. The van der Waals surface area contributed by atoms with Gasteiger partial charge in [0.05, 0.1) is 0 Å². The van der Waals surface area contributed by atoms with E-state index in [4.69, 9.17) is 4.74 Å². The topological polar surface area (TPSA) is 21.3 Å². The van der Waals surface area contributed by atoms with Crippen LogP contribution in [0.2, 0.25) is 0 Å². The first kappa shape index (κ1) is 14.6. The average Bonchev–Trinajstić information content (AvgIpc) is 2.38. The van der Waals surface area contributed by atoms with Crippen molar-refractivity contribution >= 4 is 31.9 Å². The quantitative estimate of drug-likeness (QED) is 0.772. The molecule has 4 heteroatoms. The van der Waals surface area contributed by atoms with Gasteiger partial charge >= 0.3 is 0 Å². The second-order valence-electron chi connectivity index (χ2n) is 4.09. The van der Waals surface area contributed by atoms with E-state index in [1.54, 1.807) is 0 Å². The van der Waals surface area contributed by atoms with Crippen molar-refractivity contribution in [1.29, 1.82) is 0 Å². The van der Waals surface area contributed by atoms with Crippen molar-refractivity contribution in [3.05, 3.63) is 57.0 Å². The van der Waals surface area contributed by atoms with Crippen molar-refractivity contribution in [2.45, 2.75) is 13.5 Å². The molecule has 19 heavy (non-hydrogen) atoms. The summed E-state index contributed by atoms with van der Waals surface area (Å²) in [5, 5.41) is 3.30. The van der Waals surface area contributed by atoms with Gasteiger partial charge in [-0.3, -0.25) is 0 Å². The zero-order valence-corrected chi connectivity index (χ0v) is 13.8. The number of nitrogens with one attached hydrogen (secondary N) is 1. The van der Waals surface area contributed by atoms with Crippen molar-refractivity contribution in [2.24, 2.45) is 0 Å². The average molecular weight is 385 g/mol. The van der Waals surface area contributed by atoms with Crippen LogP contribution >= 0.6 is 31.9 Å². The zero-order chi connectivity index (χ0) is 13.7. The summed E-state index contributed by atoms with van der Waals surface area (Å²) in [6, 6.07) is 13.9. The number of hydrogen-bond donors (Lipinski definition) is 1. The third kappa shape index (κ3) is 4.34. The molecule has 0 radical (unpaired) electrons. The van der Waals surface area contributed by atoms with Crippen LogP contribution in [0.15, 0.2) is 51.4 Å². The van der Waals surface area contributed by atoms with E-state index in [0.717, 1.165) is 33.5 Å². The van der Waals surface area contributed by atoms with Gasteiger partial charge in [0.15, 0.2) is 0 Å². The lowest BCUT2D eigenvalue weighted by Crippen LogP contribution is -2.11. The third-order valence-electron chi connectivity index (χ3n) is 2.62. The van der Waals surface area contributed by atoms with E-state index < -0.39 is 0 Å². The predicted molar refractivity (Wildman–Crippen MR) is 85.7 cm³/mol. The van der Waals surface area contributed by atoms with Crippen LogP contribution in [0.3, 0.4) is 0 Å². The molecule has 0 aliphatic rings. The second kappa shape index (κ2) is 7.08. The van der Waals surface area contributed by atoms with Crippen molar-refractivity contribution in [3.8, 4) is 11.5 Å². The van der Waals surface area contributed by atoms with Gasteiger partial charge in [-0.25, -0.2) is 0 Å². The number of halogens is 2. The van der Waals surface area contributed by atoms with Gasteiger partial charge in [-0.1, -0.05) is 50.9 Å². The first-order valence-corrected chi connectivity index (χ1v) is 7.70. The van der Waals surface area contributed by atoms with Crippen LogP contribution in [0, 0.1) is 0 Å². The summed E-state index contributed by atoms with van der Waals surface area (Å²) in [7, 11) is 0. The number of benzene rings is 2. The molecule has 2 aromatic carbocycles. The third-order valence-corrected chi connectivity index (χ3v) is 3.85. The van der Waals surface area contributed by atoms with Gasteiger partial charge in [0.1, 0.15) is 11.5 Å². The minimum atomic E-state index is 0.820. The molecule has 0 bridgehead atoms. The molecule has 0 atom stereocenters. The number of rotatable bonds is 5. The van der Waals surface area contributed by atoms with E-state index in [1.807, 2.05) is 36.4 Å².